The first-order valence-corrected chi connectivity index (χ1v) is 4.89. The highest BCUT2D eigenvalue weighted by atomic mass is 16.5. The van der Waals surface area contributed by atoms with Crippen LogP contribution in [0.5, 0.6) is 5.75 Å². The number of para-hydroxylation sites is 1. The molecule has 14 heavy (non-hydrogen) atoms. The molecule has 0 spiro atoms. The minimum atomic E-state index is 0.384. The highest BCUT2D eigenvalue weighted by Crippen LogP contribution is 2.29. The Morgan fingerprint density at radius 2 is 2.29 bits per heavy atom. The molecule has 0 bridgehead atoms. The van der Waals surface area contributed by atoms with Crippen molar-refractivity contribution >= 4 is 0 Å². The van der Waals surface area contributed by atoms with Crippen molar-refractivity contribution in [3.05, 3.63) is 42.0 Å². The molecule has 2 nitrogen and oxygen atoms in total. The van der Waals surface area contributed by atoms with Gasteiger partial charge in [-0.3, -0.25) is 0 Å². The van der Waals surface area contributed by atoms with Crippen molar-refractivity contribution in [1.29, 1.82) is 0 Å². The van der Waals surface area contributed by atoms with E-state index in [-0.39, 0.29) is 0 Å². The third-order valence-corrected chi connectivity index (χ3v) is 2.72. The monoisotopic (exact) mass is 189 g/mol. The van der Waals surface area contributed by atoms with Crippen molar-refractivity contribution in [1.82, 2.24) is 0 Å². The summed E-state index contributed by atoms with van der Waals surface area (Å²) in [6, 6.07) is 8.15. The molecule has 1 heterocycles. The fourth-order valence-electron chi connectivity index (χ4n) is 1.76. The molecule has 1 aliphatic rings. The third-order valence-electron chi connectivity index (χ3n) is 2.72. The SMILES string of the molecule is C=C(CN)C1COc2ccccc2C1. The van der Waals surface area contributed by atoms with E-state index in [1.165, 1.54) is 5.56 Å². The lowest BCUT2D eigenvalue weighted by Crippen LogP contribution is -2.25. The molecular formula is C12H15NO. The van der Waals surface area contributed by atoms with E-state index in [4.69, 9.17) is 10.5 Å². The zero-order valence-corrected chi connectivity index (χ0v) is 8.20. The molecule has 1 aliphatic heterocycles. The molecule has 0 saturated carbocycles. The van der Waals surface area contributed by atoms with E-state index in [0.29, 0.717) is 19.1 Å². The van der Waals surface area contributed by atoms with Gasteiger partial charge in [0.15, 0.2) is 0 Å². The van der Waals surface area contributed by atoms with Gasteiger partial charge in [0, 0.05) is 12.5 Å². The van der Waals surface area contributed by atoms with Crippen LogP contribution in [0.1, 0.15) is 5.56 Å². The first kappa shape index (κ1) is 9.28. The second-order valence-corrected chi connectivity index (χ2v) is 3.68. The highest BCUT2D eigenvalue weighted by molar-refractivity contribution is 5.36. The van der Waals surface area contributed by atoms with E-state index >= 15 is 0 Å². The fraction of sp³-hybridized carbons (Fsp3) is 0.333. The quantitative estimate of drug-likeness (QED) is 0.719. The minimum Gasteiger partial charge on any atom is -0.493 e. The van der Waals surface area contributed by atoms with Crippen molar-refractivity contribution in [2.24, 2.45) is 11.7 Å². The number of benzene rings is 1. The van der Waals surface area contributed by atoms with Crippen molar-refractivity contribution in [3.63, 3.8) is 0 Å². The molecular weight excluding hydrogens is 174 g/mol. The zero-order chi connectivity index (χ0) is 9.97. The molecule has 2 heteroatoms. The maximum absolute atomic E-state index is 5.64. The lowest BCUT2D eigenvalue weighted by Gasteiger charge is -2.26. The second kappa shape index (κ2) is 3.84. The molecule has 2 rings (SSSR count). The summed E-state index contributed by atoms with van der Waals surface area (Å²) in [4.78, 5) is 0. The lowest BCUT2D eigenvalue weighted by molar-refractivity contribution is 0.242. The van der Waals surface area contributed by atoms with Crippen LogP contribution in [-0.4, -0.2) is 13.2 Å². The smallest absolute Gasteiger partial charge is 0.122 e. The third kappa shape index (κ3) is 1.66. The molecule has 0 radical (unpaired) electrons. The summed E-state index contributed by atoms with van der Waals surface area (Å²) in [7, 11) is 0. The molecule has 2 N–H and O–H groups in total. The number of fused-ring (bicyclic) bond motifs is 1. The summed E-state index contributed by atoms with van der Waals surface area (Å²) in [6.45, 7) is 5.23. The summed E-state index contributed by atoms with van der Waals surface area (Å²) in [6.07, 6.45) is 1.01. The number of ether oxygens (including phenoxy) is 1. The maximum Gasteiger partial charge on any atom is 0.122 e. The average molecular weight is 189 g/mol. The van der Waals surface area contributed by atoms with Gasteiger partial charge >= 0.3 is 0 Å². The Morgan fingerprint density at radius 1 is 1.50 bits per heavy atom. The molecule has 0 amide bonds. The first-order valence-electron chi connectivity index (χ1n) is 4.89. The number of nitrogens with two attached hydrogens (primary N) is 1. The van der Waals surface area contributed by atoms with Crippen LogP contribution in [0.4, 0.5) is 0 Å². The van der Waals surface area contributed by atoms with Gasteiger partial charge in [-0.1, -0.05) is 30.4 Å². The number of hydrogen-bond donors (Lipinski definition) is 1. The van der Waals surface area contributed by atoms with Crippen LogP contribution in [0.3, 0.4) is 0 Å². The molecule has 0 fully saturated rings. The van der Waals surface area contributed by atoms with E-state index in [1.807, 2.05) is 18.2 Å². The van der Waals surface area contributed by atoms with Gasteiger partial charge < -0.3 is 10.5 Å². The van der Waals surface area contributed by atoms with Crippen molar-refractivity contribution in [3.8, 4) is 5.75 Å². The van der Waals surface area contributed by atoms with Crippen LogP contribution in [0.15, 0.2) is 36.4 Å². The molecule has 0 aliphatic carbocycles. The predicted octanol–water partition coefficient (Wildman–Crippen LogP) is 1.75. The lowest BCUT2D eigenvalue weighted by atomic mass is 9.91. The molecule has 1 unspecified atom stereocenters. The van der Waals surface area contributed by atoms with E-state index in [9.17, 15) is 0 Å². The largest absolute Gasteiger partial charge is 0.493 e. The van der Waals surface area contributed by atoms with Gasteiger partial charge in [-0.15, -0.1) is 0 Å². The van der Waals surface area contributed by atoms with Crippen LogP contribution in [0, 0.1) is 5.92 Å². The zero-order valence-electron chi connectivity index (χ0n) is 8.20. The second-order valence-electron chi connectivity index (χ2n) is 3.68. The molecule has 1 aromatic rings. The topological polar surface area (TPSA) is 35.2 Å². The summed E-state index contributed by atoms with van der Waals surface area (Å²) in [5.41, 5.74) is 7.91. The van der Waals surface area contributed by atoms with Crippen molar-refractivity contribution in [2.75, 3.05) is 13.2 Å². The van der Waals surface area contributed by atoms with Crippen LogP contribution in [0.2, 0.25) is 0 Å². The Bertz CT molecular complexity index is 346. The summed E-state index contributed by atoms with van der Waals surface area (Å²) in [5, 5.41) is 0. The minimum absolute atomic E-state index is 0.384. The van der Waals surface area contributed by atoms with Crippen LogP contribution < -0.4 is 10.5 Å². The Labute approximate surface area is 84.4 Å². The van der Waals surface area contributed by atoms with Crippen molar-refractivity contribution < 1.29 is 4.74 Å². The van der Waals surface area contributed by atoms with E-state index < -0.39 is 0 Å². The molecule has 0 saturated heterocycles. The van der Waals surface area contributed by atoms with Gasteiger partial charge in [-0.2, -0.15) is 0 Å². The fourth-order valence-corrected chi connectivity index (χ4v) is 1.76. The van der Waals surface area contributed by atoms with Gasteiger partial charge in [0.2, 0.25) is 0 Å². The predicted molar refractivity (Wildman–Crippen MR) is 57.3 cm³/mol. The number of rotatable bonds is 2. The van der Waals surface area contributed by atoms with Gasteiger partial charge in [-0.05, 0) is 18.1 Å². The standard InChI is InChI=1S/C12H15NO/c1-9(7-13)11-6-10-4-2-3-5-12(10)14-8-11/h2-5,11H,1,6-8,13H2. The first-order chi connectivity index (χ1) is 6.81. The van der Waals surface area contributed by atoms with Crippen LogP contribution in [0.25, 0.3) is 0 Å². The molecule has 0 aromatic heterocycles. The Hall–Kier alpha value is -1.28. The van der Waals surface area contributed by atoms with E-state index in [2.05, 4.69) is 12.6 Å². The molecule has 1 atom stereocenters. The van der Waals surface area contributed by atoms with Gasteiger partial charge in [0.25, 0.3) is 0 Å². The number of hydrogen-bond acceptors (Lipinski definition) is 2. The summed E-state index contributed by atoms with van der Waals surface area (Å²) >= 11 is 0. The molecule has 74 valence electrons. The Kier molecular flexibility index (Phi) is 2.55. The summed E-state index contributed by atoms with van der Waals surface area (Å²) in [5.74, 6) is 1.39. The Balaban J connectivity index is 2.17. The van der Waals surface area contributed by atoms with Gasteiger partial charge in [0.1, 0.15) is 5.75 Å². The maximum atomic E-state index is 5.64. The highest BCUT2D eigenvalue weighted by Gasteiger charge is 2.20. The van der Waals surface area contributed by atoms with Gasteiger partial charge in [0.05, 0.1) is 6.61 Å². The van der Waals surface area contributed by atoms with E-state index in [1.54, 1.807) is 0 Å². The molecule has 1 aromatic carbocycles. The van der Waals surface area contributed by atoms with Crippen molar-refractivity contribution in [2.45, 2.75) is 6.42 Å². The average Bonchev–Trinajstić information content (AvgIpc) is 2.27. The normalized spacial score (nSPS) is 19.6. The van der Waals surface area contributed by atoms with Crippen LogP contribution >= 0.6 is 0 Å². The summed E-state index contributed by atoms with van der Waals surface area (Å²) < 4.78 is 5.64. The van der Waals surface area contributed by atoms with E-state index in [0.717, 1.165) is 17.7 Å². The van der Waals surface area contributed by atoms with Gasteiger partial charge in [-0.25, -0.2) is 0 Å². The van der Waals surface area contributed by atoms with Crippen LogP contribution in [-0.2, 0) is 6.42 Å². The Morgan fingerprint density at radius 3 is 3.07 bits per heavy atom.